The van der Waals surface area contributed by atoms with E-state index in [9.17, 15) is 0 Å². The fourth-order valence-electron chi connectivity index (χ4n) is 3.63. The molecule has 0 aromatic carbocycles. The summed E-state index contributed by atoms with van der Waals surface area (Å²) in [6.07, 6.45) is 6.86. The minimum absolute atomic E-state index is 0.445. The topological polar surface area (TPSA) is 24.1 Å². The van der Waals surface area contributed by atoms with Crippen molar-refractivity contribution in [1.82, 2.24) is 10.6 Å². The van der Waals surface area contributed by atoms with Gasteiger partial charge in [-0.1, -0.05) is 48.5 Å². The van der Waals surface area contributed by atoms with E-state index in [0.29, 0.717) is 10.8 Å². The molecule has 0 bridgehead atoms. The maximum absolute atomic E-state index is 3.60. The van der Waals surface area contributed by atoms with Gasteiger partial charge < -0.3 is 10.6 Å². The van der Waals surface area contributed by atoms with E-state index in [1.165, 1.54) is 51.7 Å². The van der Waals surface area contributed by atoms with Crippen molar-refractivity contribution in [3.05, 3.63) is 0 Å². The van der Waals surface area contributed by atoms with Gasteiger partial charge in [-0.2, -0.15) is 0 Å². The molecule has 0 saturated carbocycles. The maximum atomic E-state index is 3.60. The summed E-state index contributed by atoms with van der Waals surface area (Å²) in [6.45, 7) is 20.1. The number of hydrogen-bond acceptors (Lipinski definition) is 2. The molecule has 2 aliphatic rings. The first-order valence-corrected chi connectivity index (χ1v) is 9.60. The predicted molar refractivity (Wildman–Crippen MR) is 99.3 cm³/mol. The van der Waals surface area contributed by atoms with Gasteiger partial charge in [0.2, 0.25) is 0 Å². The molecule has 2 rings (SSSR count). The van der Waals surface area contributed by atoms with Gasteiger partial charge in [0.25, 0.3) is 0 Å². The van der Waals surface area contributed by atoms with Crippen LogP contribution in [-0.4, -0.2) is 25.7 Å². The summed E-state index contributed by atoms with van der Waals surface area (Å²) in [5.74, 6) is 1.74. The van der Waals surface area contributed by atoms with Crippen molar-refractivity contribution in [3.8, 4) is 0 Å². The Morgan fingerprint density at radius 2 is 1.82 bits per heavy atom. The molecule has 2 heteroatoms. The number of hydrogen-bond donors (Lipinski definition) is 2. The monoisotopic (exact) mass is 310 g/mol. The Hall–Kier alpha value is -0.0800. The highest BCUT2D eigenvalue weighted by Crippen LogP contribution is 2.42. The standard InChI is InChI=1S/2C10H21N/c1-9(2,3)10(4)6-5-7-11-8-10;1-8(2)7-10-9(3)5-4-6-11-10/h11H,5-8H2,1-4H3;8-11H,4-7H2,1-3H3. The van der Waals surface area contributed by atoms with Crippen LogP contribution in [0.1, 0.15) is 80.6 Å². The normalized spacial score (nSPS) is 33.3. The van der Waals surface area contributed by atoms with Crippen molar-refractivity contribution in [2.45, 2.75) is 86.6 Å². The summed E-state index contributed by atoms with van der Waals surface area (Å²) in [4.78, 5) is 0. The van der Waals surface area contributed by atoms with Gasteiger partial charge in [-0.25, -0.2) is 0 Å². The molecule has 2 fully saturated rings. The third-order valence-corrected chi connectivity index (χ3v) is 6.06. The number of nitrogens with one attached hydrogen (secondary N) is 2. The van der Waals surface area contributed by atoms with Gasteiger partial charge in [-0.05, 0) is 67.9 Å². The Labute approximate surface area is 140 Å². The molecular weight excluding hydrogens is 268 g/mol. The van der Waals surface area contributed by atoms with Crippen LogP contribution in [0.25, 0.3) is 0 Å². The fourth-order valence-corrected chi connectivity index (χ4v) is 3.63. The Bertz CT molecular complexity index is 297. The lowest BCUT2D eigenvalue weighted by atomic mass is 9.64. The van der Waals surface area contributed by atoms with E-state index in [1.54, 1.807) is 0 Å². The number of rotatable bonds is 2. The highest BCUT2D eigenvalue weighted by atomic mass is 14.9. The Balaban J connectivity index is 0.000000220. The molecule has 132 valence electrons. The van der Waals surface area contributed by atoms with Crippen molar-refractivity contribution in [2.24, 2.45) is 22.7 Å². The second-order valence-corrected chi connectivity index (χ2v) is 9.40. The van der Waals surface area contributed by atoms with Gasteiger partial charge in [0.05, 0.1) is 0 Å². The molecule has 22 heavy (non-hydrogen) atoms. The van der Waals surface area contributed by atoms with Crippen LogP contribution in [0.2, 0.25) is 0 Å². The van der Waals surface area contributed by atoms with Crippen molar-refractivity contribution in [2.75, 3.05) is 19.6 Å². The van der Waals surface area contributed by atoms with E-state index < -0.39 is 0 Å². The van der Waals surface area contributed by atoms with Crippen LogP contribution in [0, 0.1) is 22.7 Å². The first-order chi connectivity index (χ1) is 10.2. The van der Waals surface area contributed by atoms with E-state index in [-0.39, 0.29) is 0 Å². The first-order valence-electron chi connectivity index (χ1n) is 9.60. The van der Waals surface area contributed by atoms with Crippen LogP contribution in [0.5, 0.6) is 0 Å². The van der Waals surface area contributed by atoms with Gasteiger partial charge >= 0.3 is 0 Å². The molecule has 2 N–H and O–H groups in total. The van der Waals surface area contributed by atoms with Crippen molar-refractivity contribution < 1.29 is 0 Å². The average molecular weight is 311 g/mol. The summed E-state index contributed by atoms with van der Waals surface area (Å²) in [5, 5.41) is 7.08. The van der Waals surface area contributed by atoms with Crippen LogP contribution in [0.3, 0.4) is 0 Å². The average Bonchev–Trinajstić information content (AvgIpc) is 2.41. The molecule has 0 spiro atoms. The zero-order valence-corrected chi connectivity index (χ0v) is 16.4. The van der Waals surface area contributed by atoms with Gasteiger partial charge in [-0.3, -0.25) is 0 Å². The lowest BCUT2D eigenvalue weighted by Gasteiger charge is -2.45. The molecule has 0 aromatic heterocycles. The van der Waals surface area contributed by atoms with Gasteiger partial charge in [0.1, 0.15) is 0 Å². The molecule has 2 saturated heterocycles. The van der Waals surface area contributed by atoms with Crippen molar-refractivity contribution in [1.29, 1.82) is 0 Å². The van der Waals surface area contributed by atoms with E-state index >= 15 is 0 Å². The van der Waals surface area contributed by atoms with E-state index in [4.69, 9.17) is 0 Å². The Morgan fingerprint density at radius 1 is 1.14 bits per heavy atom. The van der Waals surface area contributed by atoms with Crippen LogP contribution in [0.4, 0.5) is 0 Å². The third-order valence-electron chi connectivity index (χ3n) is 6.06. The first kappa shape index (κ1) is 20.0. The molecule has 3 unspecified atom stereocenters. The van der Waals surface area contributed by atoms with Gasteiger partial charge in [0.15, 0.2) is 0 Å². The highest BCUT2D eigenvalue weighted by Gasteiger charge is 2.37. The quantitative estimate of drug-likeness (QED) is 0.762. The lowest BCUT2D eigenvalue weighted by molar-refractivity contribution is 0.0747. The fraction of sp³-hybridized carbons (Fsp3) is 1.00. The predicted octanol–water partition coefficient (Wildman–Crippen LogP) is 4.84. The highest BCUT2D eigenvalue weighted by molar-refractivity contribution is 4.90. The third kappa shape index (κ3) is 6.20. The van der Waals surface area contributed by atoms with E-state index in [0.717, 1.165) is 17.9 Å². The molecule has 0 amide bonds. The van der Waals surface area contributed by atoms with Gasteiger partial charge in [0, 0.05) is 12.6 Å². The molecule has 0 radical (unpaired) electrons. The largest absolute Gasteiger partial charge is 0.316 e. The minimum atomic E-state index is 0.445. The van der Waals surface area contributed by atoms with Gasteiger partial charge in [-0.15, -0.1) is 0 Å². The molecule has 0 aromatic rings. The Morgan fingerprint density at radius 3 is 2.23 bits per heavy atom. The minimum Gasteiger partial charge on any atom is -0.316 e. The Kier molecular flexibility index (Phi) is 7.88. The molecule has 2 heterocycles. The summed E-state index contributed by atoms with van der Waals surface area (Å²) >= 11 is 0. The molecule has 2 nitrogen and oxygen atoms in total. The SMILES string of the molecule is CC(C)(C)C1(C)CCCNC1.CC(C)CC1NCCCC1C. The van der Waals surface area contributed by atoms with Crippen LogP contribution in [0.15, 0.2) is 0 Å². The molecule has 0 aliphatic carbocycles. The van der Waals surface area contributed by atoms with Crippen LogP contribution < -0.4 is 10.6 Å². The van der Waals surface area contributed by atoms with E-state index in [1.807, 2.05) is 0 Å². The number of piperidine rings is 2. The zero-order valence-electron chi connectivity index (χ0n) is 16.4. The summed E-state index contributed by atoms with van der Waals surface area (Å²) < 4.78 is 0. The summed E-state index contributed by atoms with van der Waals surface area (Å²) in [7, 11) is 0. The van der Waals surface area contributed by atoms with Crippen molar-refractivity contribution in [3.63, 3.8) is 0 Å². The zero-order chi connectivity index (χ0) is 16.8. The second-order valence-electron chi connectivity index (χ2n) is 9.40. The second kappa shape index (κ2) is 8.68. The van der Waals surface area contributed by atoms with E-state index in [2.05, 4.69) is 59.1 Å². The lowest BCUT2D eigenvalue weighted by Crippen LogP contribution is -2.45. The van der Waals surface area contributed by atoms with Crippen LogP contribution in [-0.2, 0) is 0 Å². The summed E-state index contributed by atoms with van der Waals surface area (Å²) in [5.41, 5.74) is 0.950. The summed E-state index contributed by atoms with van der Waals surface area (Å²) in [6, 6.07) is 0.795. The molecule has 3 atom stereocenters. The smallest absolute Gasteiger partial charge is 0.00951 e. The molecule has 2 aliphatic heterocycles. The maximum Gasteiger partial charge on any atom is 0.00951 e. The molecular formula is C20H42N2. The van der Waals surface area contributed by atoms with Crippen LogP contribution >= 0.6 is 0 Å². The van der Waals surface area contributed by atoms with Crippen molar-refractivity contribution >= 4 is 0 Å².